The van der Waals surface area contributed by atoms with E-state index in [1.165, 1.54) is 17.9 Å². The van der Waals surface area contributed by atoms with Crippen molar-refractivity contribution in [1.82, 2.24) is 0 Å². The lowest BCUT2D eigenvalue weighted by Gasteiger charge is -2.29. The Balaban J connectivity index is 2.42. The summed E-state index contributed by atoms with van der Waals surface area (Å²) in [5.41, 5.74) is 0. The Hall–Kier alpha value is 0.0800. The molecule has 0 aromatic rings. The van der Waals surface area contributed by atoms with Crippen molar-refractivity contribution in [2.24, 2.45) is 4.99 Å². The first kappa shape index (κ1) is 9.17. The third-order valence-electron chi connectivity index (χ3n) is 1.53. The largest absolute Gasteiger partial charge is 0.235 e. The van der Waals surface area contributed by atoms with Gasteiger partial charge in [0, 0.05) is 0 Å². The Morgan fingerprint density at radius 2 is 2.18 bits per heavy atom. The molecule has 1 heterocycles. The van der Waals surface area contributed by atoms with Crippen LogP contribution in [0.4, 0.5) is 0 Å². The van der Waals surface area contributed by atoms with Gasteiger partial charge in [0.05, 0.1) is 10.6 Å². The molecule has 0 aromatic heterocycles. The van der Waals surface area contributed by atoms with Crippen LogP contribution >= 0.6 is 23.5 Å². The number of hydrogen-bond donors (Lipinski definition) is 0. The van der Waals surface area contributed by atoms with Crippen LogP contribution in [0, 0.1) is 0 Å². The van der Waals surface area contributed by atoms with Crippen molar-refractivity contribution < 1.29 is 4.79 Å². The molecule has 1 aliphatic heterocycles. The van der Waals surface area contributed by atoms with Crippen molar-refractivity contribution >= 4 is 29.6 Å². The van der Waals surface area contributed by atoms with Crippen molar-refractivity contribution in [1.29, 1.82) is 0 Å². The highest BCUT2D eigenvalue weighted by Crippen LogP contribution is 2.41. The van der Waals surface area contributed by atoms with E-state index in [0.717, 1.165) is 0 Å². The summed E-state index contributed by atoms with van der Waals surface area (Å²) < 4.78 is 0.135. The minimum atomic E-state index is 0.135. The minimum absolute atomic E-state index is 0.135. The second-order valence-electron chi connectivity index (χ2n) is 2.59. The number of isocyanates is 1. The van der Waals surface area contributed by atoms with Crippen molar-refractivity contribution in [3.63, 3.8) is 0 Å². The molecule has 1 fully saturated rings. The van der Waals surface area contributed by atoms with Crippen LogP contribution in [-0.4, -0.2) is 28.2 Å². The van der Waals surface area contributed by atoms with Gasteiger partial charge in [0.2, 0.25) is 6.08 Å². The quantitative estimate of drug-likeness (QED) is 0.491. The zero-order valence-corrected chi connectivity index (χ0v) is 8.13. The fourth-order valence-corrected chi connectivity index (χ4v) is 3.71. The number of nitrogens with zero attached hydrogens (tertiary/aromatic N) is 1. The topological polar surface area (TPSA) is 29.4 Å². The Kier molecular flexibility index (Phi) is 3.49. The molecular formula is C7H11NOS2. The monoisotopic (exact) mass is 189 g/mol. The Morgan fingerprint density at radius 3 is 2.73 bits per heavy atom. The summed E-state index contributed by atoms with van der Waals surface area (Å²) in [6, 6.07) is 0. The van der Waals surface area contributed by atoms with E-state index < -0.39 is 0 Å². The van der Waals surface area contributed by atoms with Crippen molar-refractivity contribution in [3.8, 4) is 0 Å². The van der Waals surface area contributed by atoms with Crippen LogP contribution in [0.25, 0.3) is 0 Å². The van der Waals surface area contributed by atoms with E-state index in [-0.39, 0.29) is 4.08 Å². The molecule has 0 unspecified atom stereocenters. The van der Waals surface area contributed by atoms with E-state index in [4.69, 9.17) is 0 Å². The SMILES string of the molecule is CC1(CN=C=O)SCCCS1. The number of aliphatic imine (C=N–C) groups is 1. The van der Waals surface area contributed by atoms with Crippen LogP contribution in [0.1, 0.15) is 13.3 Å². The molecule has 0 atom stereocenters. The number of rotatable bonds is 2. The van der Waals surface area contributed by atoms with Gasteiger partial charge < -0.3 is 0 Å². The van der Waals surface area contributed by atoms with Gasteiger partial charge in [-0.25, -0.2) is 9.79 Å². The second-order valence-corrected chi connectivity index (χ2v) is 6.05. The maximum absolute atomic E-state index is 9.88. The minimum Gasteiger partial charge on any atom is -0.211 e. The molecular weight excluding hydrogens is 178 g/mol. The summed E-state index contributed by atoms with van der Waals surface area (Å²) in [6.45, 7) is 2.74. The molecule has 0 aromatic carbocycles. The van der Waals surface area contributed by atoms with E-state index in [0.29, 0.717) is 6.54 Å². The summed E-state index contributed by atoms with van der Waals surface area (Å²) in [4.78, 5) is 13.5. The molecule has 0 saturated carbocycles. The first-order chi connectivity index (χ1) is 5.27. The average molecular weight is 189 g/mol. The lowest BCUT2D eigenvalue weighted by molar-refractivity contribution is 0.562. The number of thioether (sulfide) groups is 2. The van der Waals surface area contributed by atoms with Crippen LogP contribution in [0.3, 0.4) is 0 Å². The van der Waals surface area contributed by atoms with Crippen LogP contribution in [0.2, 0.25) is 0 Å². The van der Waals surface area contributed by atoms with Crippen LogP contribution < -0.4 is 0 Å². The molecule has 0 aliphatic carbocycles. The van der Waals surface area contributed by atoms with E-state index in [9.17, 15) is 4.79 Å². The van der Waals surface area contributed by atoms with Gasteiger partial charge in [0.15, 0.2) is 0 Å². The Morgan fingerprint density at radius 1 is 1.55 bits per heavy atom. The zero-order chi connectivity index (χ0) is 8.16. The van der Waals surface area contributed by atoms with Gasteiger partial charge in [-0.15, -0.1) is 23.5 Å². The Labute approximate surface area is 75.2 Å². The average Bonchev–Trinajstić information content (AvgIpc) is 2.03. The molecule has 0 N–H and O–H groups in total. The lowest BCUT2D eigenvalue weighted by atomic mass is 10.5. The van der Waals surface area contributed by atoms with Gasteiger partial charge >= 0.3 is 0 Å². The predicted octanol–water partition coefficient (Wildman–Crippen LogP) is 1.91. The molecule has 0 bridgehead atoms. The van der Waals surface area contributed by atoms with E-state index in [1.54, 1.807) is 6.08 Å². The molecule has 0 amide bonds. The first-order valence-corrected chi connectivity index (χ1v) is 5.55. The van der Waals surface area contributed by atoms with Crippen LogP contribution in [0.15, 0.2) is 4.99 Å². The van der Waals surface area contributed by atoms with E-state index >= 15 is 0 Å². The summed E-state index contributed by atoms with van der Waals surface area (Å²) in [6.07, 6.45) is 2.86. The molecule has 1 rings (SSSR count). The summed E-state index contributed by atoms with van der Waals surface area (Å²) in [7, 11) is 0. The highest BCUT2D eigenvalue weighted by atomic mass is 32.2. The van der Waals surface area contributed by atoms with Crippen molar-refractivity contribution in [3.05, 3.63) is 0 Å². The van der Waals surface area contributed by atoms with Crippen molar-refractivity contribution in [2.75, 3.05) is 18.1 Å². The van der Waals surface area contributed by atoms with Crippen molar-refractivity contribution in [2.45, 2.75) is 17.4 Å². The smallest absolute Gasteiger partial charge is 0.211 e. The second kappa shape index (κ2) is 4.19. The zero-order valence-electron chi connectivity index (χ0n) is 6.50. The fraction of sp³-hybridized carbons (Fsp3) is 0.857. The van der Waals surface area contributed by atoms with Crippen LogP contribution in [-0.2, 0) is 4.79 Å². The number of hydrogen-bond acceptors (Lipinski definition) is 4. The first-order valence-electron chi connectivity index (χ1n) is 3.58. The molecule has 1 aliphatic rings. The maximum Gasteiger partial charge on any atom is 0.235 e. The van der Waals surface area contributed by atoms with E-state index in [2.05, 4.69) is 11.9 Å². The summed E-state index contributed by atoms with van der Waals surface area (Å²) in [5.74, 6) is 2.38. The number of carbonyl (C=O) groups excluding carboxylic acids is 1. The molecule has 0 spiro atoms. The predicted molar refractivity (Wildman–Crippen MR) is 50.9 cm³/mol. The fourth-order valence-electron chi connectivity index (χ4n) is 0.944. The molecule has 1 saturated heterocycles. The van der Waals surface area contributed by atoms with Gasteiger partial charge in [-0.3, -0.25) is 0 Å². The molecule has 2 nitrogen and oxygen atoms in total. The Bertz CT molecular complexity index is 171. The normalized spacial score (nSPS) is 22.3. The highest BCUT2D eigenvalue weighted by Gasteiger charge is 2.27. The lowest BCUT2D eigenvalue weighted by Crippen LogP contribution is -2.24. The van der Waals surface area contributed by atoms with E-state index in [1.807, 2.05) is 23.5 Å². The molecule has 11 heavy (non-hydrogen) atoms. The van der Waals surface area contributed by atoms with Crippen LogP contribution in [0.5, 0.6) is 0 Å². The third-order valence-corrected chi connectivity index (χ3v) is 4.71. The summed E-state index contributed by atoms with van der Waals surface area (Å²) >= 11 is 3.79. The van der Waals surface area contributed by atoms with Gasteiger partial charge in [-0.1, -0.05) is 0 Å². The van der Waals surface area contributed by atoms with Gasteiger partial charge in [0.25, 0.3) is 0 Å². The highest BCUT2D eigenvalue weighted by molar-refractivity contribution is 8.18. The van der Waals surface area contributed by atoms with Gasteiger partial charge in [-0.05, 0) is 24.9 Å². The molecule has 0 radical (unpaired) electrons. The van der Waals surface area contributed by atoms with Gasteiger partial charge in [-0.2, -0.15) is 0 Å². The maximum atomic E-state index is 9.88. The molecule has 62 valence electrons. The van der Waals surface area contributed by atoms with Gasteiger partial charge in [0.1, 0.15) is 0 Å². The molecule has 4 heteroatoms. The standard InChI is InChI=1S/C7H11NOS2/c1-7(5-8-6-9)10-3-2-4-11-7/h2-5H2,1H3. The third kappa shape index (κ3) is 2.89. The summed E-state index contributed by atoms with van der Waals surface area (Å²) in [5, 5.41) is 0.